The molecule has 0 spiro atoms. The average molecular weight is 380 g/mol. The fourth-order valence-electron chi connectivity index (χ4n) is 0.856. The highest BCUT2D eigenvalue weighted by molar-refractivity contribution is 9.11. The number of halogens is 4. The van der Waals surface area contributed by atoms with E-state index in [0.29, 0.717) is 10.2 Å². The zero-order chi connectivity index (χ0) is 13.0. The minimum absolute atomic E-state index is 0.124. The average Bonchev–Trinajstić information content (AvgIpc) is 2.31. The van der Waals surface area contributed by atoms with Crippen molar-refractivity contribution in [2.24, 2.45) is 5.10 Å². The Morgan fingerprint density at radius 1 is 1.41 bits per heavy atom. The molecule has 0 aliphatic rings. The summed E-state index contributed by atoms with van der Waals surface area (Å²) >= 11 is 11.9. The summed E-state index contributed by atoms with van der Waals surface area (Å²) in [6, 6.07) is 4.29. The van der Waals surface area contributed by atoms with Crippen LogP contribution in [0.1, 0.15) is 0 Å². The zero-order valence-electron chi connectivity index (χ0n) is 7.93. The van der Waals surface area contributed by atoms with Crippen LogP contribution in [0.5, 0.6) is 0 Å². The highest BCUT2D eigenvalue weighted by Crippen LogP contribution is 2.38. The van der Waals surface area contributed by atoms with Gasteiger partial charge in [0.15, 0.2) is 0 Å². The van der Waals surface area contributed by atoms with E-state index in [9.17, 15) is 4.39 Å². The van der Waals surface area contributed by atoms with Crippen LogP contribution in [0, 0.1) is 28.5 Å². The SMILES string of the molecule is N#CC(C#N)=NNc1c(Br)cc(F)c(Cl)c1Br. The molecule has 0 amide bonds. The maximum atomic E-state index is 13.2. The van der Waals surface area contributed by atoms with Crippen molar-refractivity contribution in [2.75, 3.05) is 5.43 Å². The minimum Gasteiger partial charge on any atom is -0.274 e. The molecule has 0 fully saturated rings. The highest BCUT2D eigenvalue weighted by Gasteiger charge is 2.13. The molecule has 8 heteroatoms. The first kappa shape index (κ1) is 13.9. The van der Waals surface area contributed by atoms with Gasteiger partial charge in [-0.05, 0) is 37.9 Å². The standard InChI is InChI=1S/C9H2Br2ClFN4/c10-5-1-6(13)8(12)7(11)9(5)17-16-4(2-14)3-15/h1,17H. The zero-order valence-corrected chi connectivity index (χ0v) is 11.9. The van der Waals surface area contributed by atoms with Crippen LogP contribution in [-0.2, 0) is 0 Å². The first-order chi connectivity index (χ1) is 8.01. The molecule has 0 aliphatic carbocycles. The van der Waals surface area contributed by atoms with Crippen molar-refractivity contribution in [2.45, 2.75) is 0 Å². The van der Waals surface area contributed by atoms with Crippen molar-refractivity contribution in [1.29, 1.82) is 10.5 Å². The topological polar surface area (TPSA) is 72.0 Å². The number of anilines is 1. The molecule has 1 aromatic carbocycles. The summed E-state index contributed by atoms with van der Waals surface area (Å²) in [5.41, 5.74) is 2.41. The Hall–Kier alpha value is -1.15. The van der Waals surface area contributed by atoms with Crippen LogP contribution < -0.4 is 5.43 Å². The molecule has 0 aliphatic heterocycles. The Bertz CT molecular complexity index is 558. The van der Waals surface area contributed by atoms with Gasteiger partial charge in [-0.1, -0.05) is 11.6 Å². The number of nitrogens with one attached hydrogen (secondary N) is 1. The Morgan fingerprint density at radius 2 is 2.00 bits per heavy atom. The Balaban J connectivity index is 3.18. The van der Waals surface area contributed by atoms with E-state index in [1.54, 1.807) is 12.1 Å². The lowest BCUT2D eigenvalue weighted by atomic mass is 10.3. The van der Waals surface area contributed by atoms with E-state index in [1.165, 1.54) is 0 Å². The van der Waals surface area contributed by atoms with E-state index in [4.69, 9.17) is 22.1 Å². The molecule has 0 saturated heterocycles. The quantitative estimate of drug-likeness (QED) is 0.367. The van der Waals surface area contributed by atoms with Crippen LogP contribution >= 0.6 is 43.5 Å². The van der Waals surface area contributed by atoms with Crippen LogP contribution in [-0.4, -0.2) is 5.71 Å². The number of hydrazone groups is 1. The van der Waals surface area contributed by atoms with Gasteiger partial charge in [-0.3, -0.25) is 5.43 Å². The summed E-state index contributed by atoms with van der Waals surface area (Å²) in [6.45, 7) is 0. The lowest BCUT2D eigenvalue weighted by Gasteiger charge is -2.08. The van der Waals surface area contributed by atoms with E-state index in [-0.39, 0.29) is 15.2 Å². The molecule has 0 aromatic heterocycles. The number of nitrogens with zero attached hydrogens (tertiary/aromatic N) is 3. The third kappa shape index (κ3) is 3.16. The van der Waals surface area contributed by atoms with Crippen LogP contribution in [0.25, 0.3) is 0 Å². The van der Waals surface area contributed by atoms with E-state index in [1.807, 2.05) is 0 Å². The second-order valence-corrected chi connectivity index (χ2v) is 4.66. The summed E-state index contributed by atoms with van der Waals surface area (Å²) in [4.78, 5) is 0. The summed E-state index contributed by atoms with van der Waals surface area (Å²) in [6.07, 6.45) is 0. The predicted molar refractivity (Wildman–Crippen MR) is 69.1 cm³/mol. The van der Waals surface area contributed by atoms with Gasteiger partial charge >= 0.3 is 0 Å². The van der Waals surface area contributed by atoms with Gasteiger partial charge in [-0.2, -0.15) is 15.6 Å². The Labute approximate surface area is 118 Å². The van der Waals surface area contributed by atoms with E-state index in [0.717, 1.165) is 6.07 Å². The summed E-state index contributed by atoms with van der Waals surface area (Å²) in [5, 5.41) is 20.4. The summed E-state index contributed by atoms with van der Waals surface area (Å²) < 4.78 is 13.8. The normalized spacial score (nSPS) is 9.06. The number of hydrogen-bond donors (Lipinski definition) is 1. The van der Waals surface area contributed by atoms with Gasteiger partial charge in [0.1, 0.15) is 18.0 Å². The molecule has 1 rings (SSSR count). The van der Waals surface area contributed by atoms with Crippen molar-refractivity contribution in [1.82, 2.24) is 0 Å². The smallest absolute Gasteiger partial charge is 0.237 e. The number of benzene rings is 1. The third-order valence-electron chi connectivity index (χ3n) is 1.61. The van der Waals surface area contributed by atoms with Crippen molar-refractivity contribution < 1.29 is 4.39 Å². The number of rotatable bonds is 2. The number of hydrogen-bond acceptors (Lipinski definition) is 4. The predicted octanol–water partition coefficient (Wildman–Crippen LogP) is 3.82. The van der Waals surface area contributed by atoms with Gasteiger partial charge in [0.2, 0.25) is 5.71 Å². The minimum atomic E-state index is -0.610. The van der Waals surface area contributed by atoms with Gasteiger partial charge in [0.25, 0.3) is 0 Å². The maximum Gasteiger partial charge on any atom is 0.237 e. The Kier molecular flexibility index (Phi) is 4.88. The van der Waals surface area contributed by atoms with Gasteiger partial charge in [0, 0.05) is 4.47 Å². The molecule has 0 unspecified atom stereocenters. The molecule has 0 saturated carbocycles. The fraction of sp³-hybridized carbons (Fsp3) is 0. The van der Waals surface area contributed by atoms with Crippen LogP contribution in [0.15, 0.2) is 20.1 Å². The molecule has 0 atom stereocenters. The highest BCUT2D eigenvalue weighted by atomic mass is 79.9. The molecule has 4 nitrogen and oxygen atoms in total. The molecular formula is C9H2Br2ClFN4. The fourth-order valence-corrected chi connectivity index (χ4v) is 2.25. The van der Waals surface area contributed by atoms with Gasteiger partial charge in [-0.15, -0.1) is 0 Å². The van der Waals surface area contributed by atoms with Crippen LogP contribution in [0.2, 0.25) is 5.02 Å². The number of nitriles is 2. The molecule has 17 heavy (non-hydrogen) atoms. The molecule has 1 aromatic rings. The lowest BCUT2D eigenvalue weighted by Crippen LogP contribution is -1.98. The molecular weight excluding hydrogens is 378 g/mol. The first-order valence-electron chi connectivity index (χ1n) is 3.98. The van der Waals surface area contributed by atoms with Gasteiger partial charge < -0.3 is 0 Å². The van der Waals surface area contributed by atoms with Crippen molar-refractivity contribution in [3.63, 3.8) is 0 Å². The van der Waals surface area contributed by atoms with E-state index < -0.39 is 5.82 Å². The van der Waals surface area contributed by atoms with E-state index >= 15 is 0 Å². The maximum absolute atomic E-state index is 13.2. The van der Waals surface area contributed by atoms with Gasteiger partial charge in [0.05, 0.1) is 15.2 Å². The molecule has 0 bridgehead atoms. The van der Waals surface area contributed by atoms with Crippen molar-refractivity contribution in [3.8, 4) is 12.1 Å². The molecule has 1 N–H and O–H groups in total. The van der Waals surface area contributed by atoms with E-state index in [2.05, 4.69) is 42.4 Å². The lowest BCUT2D eigenvalue weighted by molar-refractivity contribution is 0.626. The second-order valence-electron chi connectivity index (χ2n) is 2.64. The van der Waals surface area contributed by atoms with Crippen LogP contribution in [0.3, 0.4) is 0 Å². The largest absolute Gasteiger partial charge is 0.274 e. The summed E-state index contributed by atoms with van der Waals surface area (Å²) in [5.74, 6) is -0.610. The molecule has 0 heterocycles. The van der Waals surface area contributed by atoms with Crippen molar-refractivity contribution in [3.05, 3.63) is 25.9 Å². The molecule has 0 radical (unpaired) electrons. The third-order valence-corrected chi connectivity index (χ3v) is 3.62. The summed E-state index contributed by atoms with van der Waals surface area (Å²) in [7, 11) is 0. The second kappa shape index (κ2) is 5.97. The van der Waals surface area contributed by atoms with Gasteiger partial charge in [-0.25, -0.2) is 4.39 Å². The molecule has 86 valence electrons. The van der Waals surface area contributed by atoms with Crippen molar-refractivity contribution >= 4 is 54.9 Å². The Morgan fingerprint density at radius 3 is 2.53 bits per heavy atom. The first-order valence-corrected chi connectivity index (χ1v) is 5.94. The van der Waals surface area contributed by atoms with Crippen LogP contribution in [0.4, 0.5) is 10.1 Å². The monoisotopic (exact) mass is 378 g/mol.